The van der Waals surface area contributed by atoms with Gasteiger partial charge in [0, 0.05) is 16.5 Å². The zero-order valence-electron chi connectivity index (χ0n) is 18.5. The Kier molecular flexibility index (Phi) is 8.18. The van der Waals surface area contributed by atoms with Crippen LogP contribution in [0.2, 0.25) is 20.1 Å². The van der Waals surface area contributed by atoms with Crippen molar-refractivity contribution in [3.63, 3.8) is 0 Å². The van der Waals surface area contributed by atoms with Crippen LogP contribution in [0.1, 0.15) is 22.3 Å². The molecule has 0 saturated carbocycles. The maximum atomic E-state index is 6.53. The van der Waals surface area contributed by atoms with Gasteiger partial charge in [0.2, 0.25) is 0 Å². The van der Waals surface area contributed by atoms with Gasteiger partial charge >= 0.3 is 16.5 Å². The second-order valence-corrected chi connectivity index (χ2v) is 9.41. The molecule has 34 heavy (non-hydrogen) atoms. The molecule has 2 nitrogen and oxygen atoms in total. The van der Waals surface area contributed by atoms with Gasteiger partial charge in [-0.2, -0.15) is 0 Å². The summed E-state index contributed by atoms with van der Waals surface area (Å²) in [7, 11) is 0. The summed E-state index contributed by atoms with van der Waals surface area (Å²) in [6, 6.07) is 19.6. The fourth-order valence-electron chi connectivity index (χ4n) is 4.04. The molecule has 5 rings (SSSR count). The zero-order chi connectivity index (χ0) is 22.6. The van der Waals surface area contributed by atoms with E-state index >= 15 is 0 Å². The van der Waals surface area contributed by atoms with E-state index in [9.17, 15) is 0 Å². The third-order valence-electron chi connectivity index (χ3n) is 5.41. The van der Waals surface area contributed by atoms with Gasteiger partial charge in [0.05, 0.1) is 31.5 Å². The summed E-state index contributed by atoms with van der Waals surface area (Å²) in [5, 5.41) is 4.10. The maximum Gasteiger partial charge on any atom is 2.00 e. The topological polar surface area (TPSA) is 24.7 Å². The van der Waals surface area contributed by atoms with Gasteiger partial charge < -0.3 is 7.43 Å². The standard InChI is InChI=1S/C26H16Cl4N2.CH3.Ni/c1-13-9-18(27)25(19(28)10-13)31-23-16-7-3-5-15-6-4-8-17(22(15)16)24(23)32-26-20(29)11-14(2)12-21(26)30;;/h3-12H,1-2H3;1H3;/q;-1;+2. The van der Waals surface area contributed by atoms with Gasteiger partial charge in [-0.15, -0.1) is 0 Å². The average Bonchev–Trinajstić information content (AvgIpc) is 3.02. The van der Waals surface area contributed by atoms with Crippen LogP contribution in [-0.2, 0) is 16.5 Å². The van der Waals surface area contributed by atoms with E-state index in [2.05, 4.69) is 12.1 Å². The number of aryl methyl sites for hydroxylation is 2. The largest absolute Gasteiger partial charge is 2.00 e. The Bertz CT molecular complexity index is 1340. The predicted octanol–water partition coefficient (Wildman–Crippen LogP) is 9.77. The normalized spacial score (nSPS) is 14.4. The van der Waals surface area contributed by atoms with Crippen LogP contribution in [0.3, 0.4) is 0 Å². The Morgan fingerprint density at radius 2 is 0.941 bits per heavy atom. The summed E-state index contributed by atoms with van der Waals surface area (Å²) < 4.78 is 0. The Morgan fingerprint density at radius 3 is 1.29 bits per heavy atom. The minimum absolute atomic E-state index is 0. The van der Waals surface area contributed by atoms with Crippen LogP contribution < -0.4 is 0 Å². The number of hydrogen-bond acceptors (Lipinski definition) is 2. The molecule has 0 N–H and O–H groups in total. The molecule has 174 valence electrons. The van der Waals surface area contributed by atoms with E-state index in [1.165, 1.54) is 0 Å². The molecule has 0 radical (unpaired) electrons. The predicted molar refractivity (Wildman–Crippen MR) is 145 cm³/mol. The number of halogens is 4. The molecule has 0 heterocycles. The van der Waals surface area contributed by atoms with E-state index in [-0.39, 0.29) is 23.9 Å². The minimum atomic E-state index is 0. The summed E-state index contributed by atoms with van der Waals surface area (Å²) in [4.78, 5) is 9.86. The van der Waals surface area contributed by atoms with Crippen LogP contribution in [0.25, 0.3) is 10.8 Å². The SMILES string of the molecule is Cc1cc(Cl)c(N=C2C(=Nc3c(Cl)cc(C)cc3Cl)c3cccc4cccc2c34)c(Cl)c1.[CH3-].[Ni+2]. The first kappa shape index (κ1) is 26.7. The number of rotatable bonds is 2. The van der Waals surface area contributed by atoms with E-state index in [1.54, 1.807) is 0 Å². The van der Waals surface area contributed by atoms with Crippen molar-refractivity contribution in [2.75, 3.05) is 0 Å². The van der Waals surface area contributed by atoms with E-state index in [0.29, 0.717) is 42.9 Å². The molecule has 0 aromatic heterocycles. The molecule has 1 aliphatic carbocycles. The third-order valence-corrected chi connectivity index (χ3v) is 6.56. The van der Waals surface area contributed by atoms with Crippen molar-refractivity contribution in [3.8, 4) is 0 Å². The van der Waals surface area contributed by atoms with Crippen LogP contribution in [-0.4, -0.2) is 11.4 Å². The smallest absolute Gasteiger partial charge is 0.358 e. The molecule has 0 unspecified atom stereocenters. The van der Waals surface area contributed by atoms with Crippen molar-refractivity contribution < 1.29 is 16.5 Å². The molecular formula is C27H19Cl4N2Ni+. The van der Waals surface area contributed by atoms with Crippen molar-refractivity contribution in [1.82, 2.24) is 0 Å². The minimum Gasteiger partial charge on any atom is -0.358 e. The number of aliphatic imine (C=N–C) groups is 2. The van der Waals surface area contributed by atoms with E-state index < -0.39 is 0 Å². The molecule has 0 aliphatic heterocycles. The van der Waals surface area contributed by atoms with Crippen molar-refractivity contribution in [3.05, 3.63) is 110 Å². The van der Waals surface area contributed by atoms with Crippen LogP contribution in [0, 0.1) is 21.3 Å². The third kappa shape index (κ3) is 4.65. The molecule has 0 spiro atoms. The van der Waals surface area contributed by atoms with Crippen LogP contribution >= 0.6 is 46.4 Å². The van der Waals surface area contributed by atoms with Crippen LogP contribution in [0.5, 0.6) is 0 Å². The van der Waals surface area contributed by atoms with Crippen LogP contribution in [0.4, 0.5) is 11.4 Å². The Morgan fingerprint density at radius 1 is 0.588 bits per heavy atom. The average molecular weight is 572 g/mol. The Labute approximate surface area is 229 Å². The Balaban J connectivity index is 0.00000162. The van der Waals surface area contributed by atoms with Gasteiger partial charge in [0.15, 0.2) is 0 Å². The molecule has 4 aromatic carbocycles. The summed E-state index contributed by atoms with van der Waals surface area (Å²) in [6.07, 6.45) is 0. The maximum absolute atomic E-state index is 6.53. The first-order valence-corrected chi connectivity index (χ1v) is 11.5. The van der Waals surface area contributed by atoms with Gasteiger partial charge in [-0.3, -0.25) is 0 Å². The first-order valence-electron chi connectivity index (χ1n) is 9.95. The van der Waals surface area contributed by atoms with Crippen molar-refractivity contribution in [2.45, 2.75) is 13.8 Å². The zero-order valence-corrected chi connectivity index (χ0v) is 22.5. The molecule has 4 aromatic rings. The first-order chi connectivity index (χ1) is 15.3. The number of hydrogen-bond donors (Lipinski definition) is 0. The molecule has 0 saturated heterocycles. The molecule has 0 atom stereocenters. The Hall–Kier alpha value is -1.87. The second kappa shape index (κ2) is 10.4. The molecule has 1 aliphatic rings. The summed E-state index contributed by atoms with van der Waals surface area (Å²) >= 11 is 26.1. The quantitative estimate of drug-likeness (QED) is 0.169. The molecule has 7 heteroatoms. The molecular weight excluding hydrogens is 553 g/mol. The van der Waals surface area contributed by atoms with Crippen LogP contribution in [0.15, 0.2) is 70.6 Å². The summed E-state index contributed by atoms with van der Waals surface area (Å²) in [5.74, 6) is 0. The van der Waals surface area contributed by atoms with Gasteiger partial charge in [0.25, 0.3) is 0 Å². The van der Waals surface area contributed by atoms with Gasteiger partial charge in [-0.05, 0) is 54.6 Å². The fraction of sp³-hybridized carbons (Fsp3) is 0.0741. The van der Waals surface area contributed by atoms with Gasteiger partial charge in [0.1, 0.15) is 11.4 Å². The number of nitrogens with zero attached hydrogens (tertiary/aromatic N) is 2. The molecule has 0 bridgehead atoms. The van der Waals surface area contributed by atoms with Crippen molar-refractivity contribution in [2.24, 2.45) is 9.98 Å². The van der Waals surface area contributed by atoms with E-state index in [1.807, 2.05) is 62.4 Å². The molecule has 0 amide bonds. The van der Waals surface area contributed by atoms with E-state index in [4.69, 9.17) is 56.4 Å². The second-order valence-electron chi connectivity index (χ2n) is 7.78. The van der Waals surface area contributed by atoms with Crippen molar-refractivity contribution in [1.29, 1.82) is 0 Å². The molecule has 0 fully saturated rings. The van der Waals surface area contributed by atoms with E-state index in [0.717, 1.165) is 33.0 Å². The van der Waals surface area contributed by atoms with Crippen molar-refractivity contribution >= 4 is 80.0 Å². The van der Waals surface area contributed by atoms with Gasteiger partial charge in [-0.1, -0.05) is 82.8 Å². The summed E-state index contributed by atoms with van der Waals surface area (Å²) in [5.41, 5.74) is 6.22. The monoisotopic (exact) mass is 569 g/mol. The van der Waals surface area contributed by atoms with Gasteiger partial charge in [-0.25, -0.2) is 9.98 Å². The number of benzene rings is 4. The summed E-state index contributed by atoms with van der Waals surface area (Å²) in [6.45, 7) is 3.88. The fourth-order valence-corrected chi connectivity index (χ4v) is 5.40.